The summed E-state index contributed by atoms with van der Waals surface area (Å²) in [7, 11) is 0. The van der Waals surface area contributed by atoms with Gasteiger partial charge >= 0.3 is 0 Å². The first-order valence-electron chi connectivity index (χ1n) is 14.5. The molecule has 1 aromatic rings. The number of ether oxygens (including phenoxy) is 1. The smallest absolute Gasteiger partial charge is 0.288 e. The molecule has 3 aliphatic rings. The number of alkyl halides is 3. The van der Waals surface area contributed by atoms with Crippen LogP contribution in [0.15, 0.2) is 23.3 Å². The summed E-state index contributed by atoms with van der Waals surface area (Å²) in [6.45, 7) is 6.30. The Morgan fingerprint density at radius 3 is 2.59 bits per heavy atom. The molecule has 2 heterocycles. The number of fused-ring (bicyclic) bond motifs is 1. The van der Waals surface area contributed by atoms with Crippen molar-refractivity contribution in [3.05, 3.63) is 46.7 Å². The zero-order chi connectivity index (χ0) is 28.2. The topological polar surface area (TPSA) is 37.4 Å². The predicted molar refractivity (Wildman–Crippen MR) is 141 cm³/mol. The third-order valence-electron chi connectivity index (χ3n) is 8.09. The summed E-state index contributed by atoms with van der Waals surface area (Å²) in [5, 5.41) is 0.875. The first-order valence-corrected chi connectivity index (χ1v) is 14.5. The molecule has 4 rings (SSSR count). The fourth-order valence-corrected chi connectivity index (χ4v) is 5.73. The maximum absolute atomic E-state index is 15.6. The van der Waals surface area contributed by atoms with E-state index >= 15 is 13.2 Å². The van der Waals surface area contributed by atoms with Crippen molar-refractivity contribution < 1.29 is 31.5 Å². The van der Waals surface area contributed by atoms with Crippen molar-refractivity contribution in [2.45, 2.75) is 116 Å². The van der Waals surface area contributed by atoms with Crippen molar-refractivity contribution in [3.8, 4) is 0 Å². The second-order valence-electron chi connectivity index (χ2n) is 11.3. The molecule has 4 nitrogen and oxygen atoms in total. The van der Waals surface area contributed by atoms with Crippen molar-refractivity contribution in [3.63, 3.8) is 0 Å². The molecule has 1 saturated heterocycles. The summed E-state index contributed by atoms with van der Waals surface area (Å²) in [6, 6.07) is 1.39. The van der Waals surface area contributed by atoms with Gasteiger partial charge in [0.1, 0.15) is 12.7 Å². The van der Waals surface area contributed by atoms with Gasteiger partial charge in [0.05, 0.1) is 23.3 Å². The summed E-state index contributed by atoms with van der Waals surface area (Å²) < 4.78 is 81.7. The number of unbranched alkanes of at least 4 members (excludes halogenated alkanes) is 4. The van der Waals surface area contributed by atoms with Crippen LogP contribution < -0.4 is 0 Å². The molecule has 1 aliphatic carbocycles. The zero-order valence-electron chi connectivity index (χ0n) is 23.2. The van der Waals surface area contributed by atoms with Crippen LogP contribution >= 0.6 is 0 Å². The van der Waals surface area contributed by atoms with E-state index in [1.165, 1.54) is 24.8 Å². The van der Waals surface area contributed by atoms with Crippen molar-refractivity contribution in [2.75, 3.05) is 6.61 Å². The van der Waals surface area contributed by atoms with Gasteiger partial charge in [-0.2, -0.15) is 4.39 Å². The molecule has 0 aromatic heterocycles. The van der Waals surface area contributed by atoms with Gasteiger partial charge in [0.2, 0.25) is 0 Å². The lowest BCUT2D eigenvalue weighted by atomic mass is 9.76. The van der Waals surface area contributed by atoms with Gasteiger partial charge in [-0.25, -0.2) is 27.6 Å². The number of benzene rings is 1. The second kappa shape index (κ2) is 13.1. The Labute approximate surface area is 228 Å². The summed E-state index contributed by atoms with van der Waals surface area (Å²) >= 11 is 0. The molecular formula is C30H41F5N2O2. The Morgan fingerprint density at radius 2 is 1.87 bits per heavy atom. The van der Waals surface area contributed by atoms with Crippen molar-refractivity contribution in [2.24, 2.45) is 16.8 Å². The molecule has 1 fully saturated rings. The maximum Gasteiger partial charge on any atom is 0.288 e. The number of hydrogen-bond acceptors (Lipinski definition) is 4. The normalized spacial score (nSPS) is 26.4. The second-order valence-corrected chi connectivity index (χ2v) is 11.3. The fourth-order valence-electron chi connectivity index (χ4n) is 5.73. The number of nitrogens with zero attached hydrogens (tertiary/aromatic N) is 2. The highest BCUT2D eigenvalue weighted by atomic mass is 19.3. The summed E-state index contributed by atoms with van der Waals surface area (Å²) in [5.41, 5.74) is -0.865. The Morgan fingerprint density at radius 1 is 1.10 bits per heavy atom. The van der Waals surface area contributed by atoms with Crippen LogP contribution in [-0.2, 0) is 28.3 Å². The van der Waals surface area contributed by atoms with Crippen LogP contribution in [0, 0.1) is 23.5 Å². The van der Waals surface area contributed by atoms with Gasteiger partial charge in [-0.15, -0.1) is 0 Å². The van der Waals surface area contributed by atoms with Gasteiger partial charge in [0.15, 0.2) is 11.6 Å². The number of epoxide rings is 1. The molecule has 0 radical (unpaired) electrons. The molecule has 39 heavy (non-hydrogen) atoms. The summed E-state index contributed by atoms with van der Waals surface area (Å²) in [4.78, 5) is 9.28. The molecular weight excluding hydrogens is 515 g/mol. The quantitative estimate of drug-likeness (QED) is 0.100. The first kappa shape index (κ1) is 30.0. The van der Waals surface area contributed by atoms with Gasteiger partial charge < -0.3 is 4.74 Å². The van der Waals surface area contributed by atoms with Crippen molar-refractivity contribution in [1.82, 2.24) is 5.06 Å². The maximum atomic E-state index is 15.6. The highest BCUT2D eigenvalue weighted by molar-refractivity contribution is 5.98. The number of aliphatic imine (C=N–C) groups is 1. The van der Waals surface area contributed by atoms with Crippen molar-refractivity contribution in [1.29, 1.82) is 0 Å². The first-order chi connectivity index (χ1) is 18.7. The monoisotopic (exact) mass is 556 g/mol. The predicted octanol–water partition coefficient (Wildman–Crippen LogP) is 8.18. The molecule has 0 saturated carbocycles. The van der Waals surface area contributed by atoms with Gasteiger partial charge in [-0.1, -0.05) is 71.8 Å². The van der Waals surface area contributed by atoms with Gasteiger partial charge in [0.25, 0.3) is 12.3 Å². The molecule has 0 bridgehead atoms. The third kappa shape index (κ3) is 7.02. The van der Waals surface area contributed by atoms with Crippen LogP contribution in [0.3, 0.4) is 0 Å². The molecule has 2 aliphatic heterocycles. The molecule has 1 aromatic carbocycles. The van der Waals surface area contributed by atoms with Gasteiger partial charge in [0, 0.05) is 6.20 Å². The number of allylic oxidation sites excluding steroid dienone is 1. The van der Waals surface area contributed by atoms with E-state index in [2.05, 4.69) is 18.8 Å². The molecule has 5 unspecified atom stereocenters. The Balaban J connectivity index is 1.38. The summed E-state index contributed by atoms with van der Waals surface area (Å²) in [5.74, 6) is -7.90. The number of rotatable bonds is 14. The Bertz CT molecular complexity index is 1050. The lowest BCUT2D eigenvalue weighted by molar-refractivity contribution is -0.182. The standard InChI is InChI=1S/C30H41F5N2O2/c1-4-6-8-9-11-24-25(39-24)18-38-37-15-14-23(36-29(37)33)22-13-12-20-17-21(16-19(3)10-7-5-2)27(31)28(32)26(20)30(22,34)35/h14-15,17,19,22,24-25,29H,4-13,16,18H2,1-3H3. The highest BCUT2D eigenvalue weighted by Crippen LogP contribution is 2.48. The number of halogens is 5. The van der Waals surface area contributed by atoms with E-state index in [4.69, 9.17) is 9.57 Å². The number of hydrogen-bond donors (Lipinski definition) is 0. The van der Waals surface area contributed by atoms with E-state index in [0.717, 1.165) is 50.0 Å². The minimum absolute atomic E-state index is 0.0533. The van der Waals surface area contributed by atoms with Crippen LogP contribution in [0.4, 0.5) is 22.0 Å². The lowest BCUT2D eigenvalue weighted by Crippen LogP contribution is -2.41. The fraction of sp³-hybridized carbons (Fsp3) is 0.700. The third-order valence-corrected chi connectivity index (χ3v) is 8.09. The minimum Gasteiger partial charge on any atom is -0.367 e. The lowest BCUT2D eigenvalue weighted by Gasteiger charge is -2.36. The molecule has 218 valence electrons. The van der Waals surface area contributed by atoms with Crippen LogP contribution in [0.1, 0.15) is 95.2 Å². The van der Waals surface area contributed by atoms with Crippen molar-refractivity contribution >= 4 is 5.71 Å². The van der Waals surface area contributed by atoms with Crippen LogP contribution in [0.25, 0.3) is 0 Å². The Hall–Kier alpha value is -2.00. The van der Waals surface area contributed by atoms with E-state index in [1.807, 2.05) is 6.92 Å². The van der Waals surface area contributed by atoms with Crippen LogP contribution in [-0.4, -0.2) is 36.0 Å². The molecule has 0 amide bonds. The van der Waals surface area contributed by atoms with E-state index in [1.54, 1.807) is 0 Å². The largest absolute Gasteiger partial charge is 0.367 e. The summed E-state index contributed by atoms with van der Waals surface area (Å²) in [6.07, 6.45) is 9.16. The van der Waals surface area contributed by atoms with Gasteiger partial charge in [-0.05, 0) is 48.8 Å². The SMILES string of the molecule is CCCCCCC1OC1CON1C=CC(C2CCc3cc(CC(C)CCCC)c(F)c(F)c3C2(F)F)=NC1F. The van der Waals surface area contributed by atoms with E-state index in [-0.39, 0.29) is 54.4 Å². The van der Waals surface area contributed by atoms with Crippen LogP contribution in [0.2, 0.25) is 0 Å². The van der Waals surface area contributed by atoms with E-state index < -0.39 is 35.5 Å². The molecule has 5 atom stereocenters. The molecule has 0 spiro atoms. The minimum atomic E-state index is -3.73. The molecule has 0 N–H and O–H groups in total. The highest BCUT2D eigenvalue weighted by Gasteiger charge is 2.51. The number of aryl methyl sites for hydroxylation is 1. The average molecular weight is 557 g/mol. The average Bonchev–Trinajstić information content (AvgIpc) is 3.65. The van der Waals surface area contributed by atoms with Crippen LogP contribution in [0.5, 0.6) is 0 Å². The molecule has 9 heteroatoms. The van der Waals surface area contributed by atoms with E-state index in [0.29, 0.717) is 6.42 Å². The van der Waals surface area contributed by atoms with Gasteiger partial charge in [-0.3, -0.25) is 4.84 Å². The van der Waals surface area contributed by atoms with E-state index in [9.17, 15) is 8.78 Å². The number of hydroxylamine groups is 2. The Kier molecular flexibility index (Phi) is 10.1. The zero-order valence-corrected chi connectivity index (χ0v) is 23.2.